The van der Waals surface area contributed by atoms with Gasteiger partial charge in [0.15, 0.2) is 0 Å². The van der Waals surface area contributed by atoms with Crippen molar-refractivity contribution >= 4 is 6.41 Å². The summed E-state index contributed by atoms with van der Waals surface area (Å²) in [5.74, 6) is 1.49. The summed E-state index contributed by atoms with van der Waals surface area (Å²) >= 11 is 0. The molecule has 0 radical (unpaired) electrons. The molecule has 0 rings (SSSR count). The Hall–Kier alpha value is -0.530. The zero-order chi connectivity index (χ0) is 9.56. The first-order valence-electron chi connectivity index (χ1n) is 4.77. The zero-order valence-electron chi connectivity index (χ0n) is 8.71. The minimum Gasteiger partial charge on any atom is -0.348 e. The van der Waals surface area contributed by atoms with Gasteiger partial charge in [0.1, 0.15) is 0 Å². The lowest BCUT2D eigenvalue weighted by molar-refractivity contribution is -0.117. The topological polar surface area (TPSA) is 20.3 Å². The predicted molar refractivity (Wildman–Crippen MR) is 51.9 cm³/mol. The van der Waals surface area contributed by atoms with Crippen LogP contribution >= 0.6 is 0 Å². The van der Waals surface area contributed by atoms with E-state index in [0.717, 1.165) is 31.2 Å². The molecule has 1 amide bonds. The predicted octanol–water partition coefficient (Wildman–Crippen LogP) is 2.15. The van der Waals surface area contributed by atoms with E-state index in [2.05, 4.69) is 20.8 Å². The van der Waals surface area contributed by atoms with Crippen LogP contribution < -0.4 is 0 Å². The number of rotatable bonds is 6. The van der Waals surface area contributed by atoms with Gasteiger partial charge in [0.05, 0.1) is 0 Å². The van der Waals surface area contributed by atoms with Crippen molar-refractivity contribution in [3.8, 4) is 0 Å². The molecule has 0 aliphatic heterocycles. The number of amides is 1. The van der Waals surface area contributed by atoms with Crippen LogP contribution in [0.4, 0.5) is 0 Å². The lowest BCUT2D eigenvalue weighted by Crippen LogP contribution is -2.21. The van der Waals surface area contributed by atoms with Crippen LogP contribution in [0.3, 0.4) is 0 Å². The zero-order valence-corrected chi connectivity index (χ0v) is 8.71. The summed E-state index contributed by atoms with van der Waals surface area (Å²) in [5, 5.41) is 0. The van der Waals surface area contributed by atoms with Gasteiger partial charge in [0, 0.05) is 13.6 Å². The molecule has 2 nitrogen and oxygen atoms in total. The largest absolute Gasteiger partial charge is 0.348 e. The van der Waals surface area contributed by atoms with Gasteiger partial charge in [-0.3, -0.25) is 4.79 Å². The summed E-state index contributed by atoms with van der Waals surface area (Å²) in [7, 11) is 1.83. The Morgan fingerprint density at radius 2 is 2.00 bits per heavy atom. The normalized spacial score (nSPS) is 13.1. The Kier molecular flexibility index (Phi) is 5.77. The first kappa shape index (κ1) is 11.5. The fourth-order valence-corrected chi connectivity index (χ4v) is 1.43. The molecule has 0 N–H and O–H groups in total. The molecule has 0 aromatic heterocycles. The molecule has 1 atom stereocenters. The monoisotopic (exact) mass is 171 g/mol. The fraction of sp³-hybridized carbons (Fsp3) is 0.900. The smallest absolute Gasteiger partial charge is 0.209 e. The van der Waals surface area contributed by atoms with Gasteiger partial charge >= 0.3 is 0 Å². The summed E-state index contributed by atoms with van der Waals surface area (Å²) in [5.41, 5.74) is 0. The van der Waals surface area contributed by atoms with Gasteiger partial charge in [0.2, 0.25) is 6.41 Å². The Morgan fingerprint density at radius 3 is 2.33 bits per heavy atom. The van der Waals surface area contributed by atoms with E-state index in [4.69, 9.17) is 0 Å². The van der Waals surface area contributed by atoms with Crippen molar-refractivity contribution < 1.29 is 4.79 Å². The number of carbonyl (C=O) groups excluding carboxylic acids is 1. The molecule has 0 fully saturated rings. The second-order valence-corrected chi connectivity index (χ2v) is 3.79. The van der Waals surface area contributed by atoms with Crippen molar-refractivity contribution in [1.29, 1.82) is 0 Å². The summed E-state index contributed by atoms with van der Waals surface area (Å²) < 4.78 is 0. The SMILES string of the molecule is CCC(CCN(C)C=O)C(C)C. The van der Waals surface area contributed by atoms with E-state index in [9.17, 15) is 4.79 Å². The highest BCUT2D eigenvalue weighted by atomic mass is 16.1. The van der Waals surface area contributed by atoms with E-state index in [-0.39, 0.29) is 0 Å². The number of hydrogen-bond donors (Lipinski definition) is 0. The third-order valence-electron chi connectivity index (χ3n) is 2.50. The molecule has 0 spiro atoms. The molecular formula is C10H21NO. The summed E-state index contributed by atoms with van der Waals surface area (Å²) in [6.07, 6.45) is 3.24. The molecule has 0 aliphatic carbocycles. The molecule has 0 heterocycles. The molecular weight excluding hydrogens is 150 g/mol. The van der Waals surface area contributed by atoms with Gasteiger partial charge in [-0.05, 0) is 18.3 Å². The molecule has 0 bridgehead atoms. The first-order chi connectivity index (χ1) is 5.61. The van der Waals surface area contributed by atoms with Gasteiger partial charge in [0.25, 0.3) is 0 Å². The van der Waals surface area contributed by atoms with Crippen molar-refractivity contribution in [3.63, 3.8) is 0 Å². The van der Waals surface area contributed by atoms with E-state index in [1.54, 1.807) is 4.90 Å². The van der Waals surface area contributed by atoms with E-state index in [1.165, 1.54) is 6.42 Å². The minimum atomic E-state index is 0.732. The van der Waals surface area contributed by atoms with Crippen LogP contribution in [0.25, 0.3) is 0 Å². The Bertz CT molecular complexity index is 123. The number of nitrogens with zero attached hydrogens (tertiary/aromatic N) is 1. The highest BCUT2D eigenvalue weighted by Crippen LogP contribution is 2.18. The van der Waals surface area contributed by atoms with Crippen molar-refractivity contribution in [2.24, 2.45) is 11.8 Å². The maximum Gasteiger partial charge on any atom is 0.209 e. The molecule has 0 aliphatic rings. The van der Waals surface area contributed by atoms with Gasteiger partial charge in [-0.25, -0.2) is 0 Å². The molecule has 0 saturated heterocycles. The second-order valence-electron chi connectivity index (χ2n) is 3.79. The van der Waals surface area contributed by atoms with Crippen LogP contribution in [0.2, 0.25) is 0 Å². The molecule has 0 aromatic carbocycles. The van der Waals surface area contributed by atoms with E-state index in [1.807, 2.05) is 7.05 Å². The molecule has 12 heavy (non-hydrogen) atoms. The molecule has 1 unspecified atom stereocenters. The summed E-state index contributed by atoms with van der Waals surface area (Å²) in [6.45, 7) is 7.59. The van der Waals surface area contributed by atoms with Crippen LogP contribution in [0.1, 0.15) is 33.6 Å². The number of hydrogen-bond acceptors (Lipinski definition) is 1. The summed E-state index contributed by atoms with van der Waals surface area (Å²) in [4.78, 5) is 12.0. The minimum absolute atomic E-state index is 0.732. The third-order valence-corrected chi connectivity index (χ3v) is 2.50. The highest BCUT2D eigenvalue weighted by molar-refractivity contribution is 5.46. The molecule has 72 valence electrons. The lowest BCUT2D eigenvalue weighted by Gasteiger charge is -2.20. The van der Waals surface area contributed by atoms with Crippen LogP contribution in [0.15, 0.2) is 0 Å². The average molecular weight is 171 g/mol. The second kappa shape index (κ2) is 6.04. The van der Waals surface area contributed by atoms with Gasteiger partial charge in [-0.15, -0.1) is 0 Å². The molecule has 0 aromatic rings. The summed E-state index contributed by atoms with van der Waals surface area (Å²) in [6, 6.07) is 0. The van der Waals surface area contributed by atoms with Crippen molar-refractivity contribution in [2.75, 3.05) is 13.6 Å². The van der Waals surface area contributed by atoms with Crippen molar-refractivity contribution in [3.05, 3.63) is 0 Å². The van der Waals surface area contributed by atoms with Crippen LogP contribution in [0, 0.1) is 11.8 Å². The maximum atomic E-state index is 10.3. The van der Waals surface area contributed by atoms with Gasteiger partial charge < -0.3 is 4.90 Å². The van der Waals surface area contributed by atoms with Crippen molar-refractivity contribution in [1.82, 2.24) is 4.90 Å². The quantitative estimate of drug-likeness (QED) is 0.561. The van der Waals surface area contributed by atoms with Crippen LogP contribution in [-0.4, -0.2) is 24.9 Å². The lowest BCUT2D eigenvalue weighted by atomic mass is 9.90. The molecule has 0 saturated carbocycles. The average Bonchev–Trinajstić information content (AvgIpc) is 2.04. The Morgan fingerprint density at radius 1 is 1.42 bits per heavy atom. The Labute approximate surface area is 75.9 Å². The Balaban J connectivity index is 3.64. The van der Waals surface area contributed by atoms with Crippen LogP contribution in [0.5, 0.6) is 0 Å². The van der Waals surface area contributed by atoms with Gasteiger partial charge in [-0.1, -0.05) is 27.2 Å². The standard InChI is InChI=1S/C10H21NO/c1-5-10(9(2)3)6-7-11(4)8-12/h8-10H,5-7H2,1-4H3. The molecule has 2 heteroatoms. The first-order valence-corrected chi connectivity index (χ1v) is 4.77. The van der Waals surface area contributed by atoms with Crippen molar-refractivity contribution in [2.45, 2.75) is 33.6 Å². The fourth-order valence-electron chi connectivity index (χ4n) is 1.43. The highest BCUT2D eigenvalue weighted by Gasteiger charge is 2.10. The number of carbonyl (C=O) groups is 1. The van der Waals surface area contributed by atoms with E-state index >= 15 is 0 Å². The maximum absolute atomic E-state index is 10.3. The van der Waals surface area contributed by atoms with E-state index < -0.39 is 0 Å². The van der Waals surface area contributed by atoms with Crippen LogP contribution in [-0.2, 0) is 4.79 Å². The third kappa shape index (κ3) is 4.37. The van der Waals surface area contributed by atoms with E-state index in [0.29, 0.717) is 0 Å². The van der Waals surface area contributed by atoms with Gasteiger partial charge in [-0.2, -0.15) is 0 Å².